The van der Waals surface area contributed by atoms with Crippen LogP contribution in [0.15, 0.2) is 36.5 Å². The van der Waals surface area contributed by atoms with Crippen molar-refractivity contribution in [1.29, 1.82) is 0 Å². The number of aromatic nitrogens is 2. The van der Waals surface area contributed by atoms with E-state index in [4.69, 9.17) is 11.6 Å². The van der Waals surface area contributed by atoms with E-state index >= 15 is 0 Å². The fourth-order valence-corrected chi connectivity index (χ4v) is 1.65. The molecule has 0 saturated heterocycles. The lowest BCUT2D eigenvalue weighted by Gasteiger charge is -2.07. The molecule has 5 heteroatoms. The van der Waals surface area contributed by atoms with Crippen LogP contribution in [0, 0.1) is 0 Å². The lowest BCUT2D eigenvalue weighted by atomic mass is 10.2. The third-order valence-electron chi connectivity index (χ3n) is 2.32. The molecule has 0 saturated carbocycles. The quantitative estimate of drug-likeness (QED) is 0.872. The highest BCUT2D eigenvalue weighted by Gasteiger charge is 2.04. The number of halogens is 1. The summed E-state index contributed by atoms with van der Waals surface area (Å²) in [7, 11) is 0. The summed E-state index contributed by atoms with van der Waals surface area (Å²) < 4.78 is 0. The third kappa shape index (κ3) is 3.15. The van der Waals surface area contributed by atoms with Gasteiger partial charge in [0.25, 0.3) is 0 Å². The first kappa shape index (κ1) is 11.8. The van der Waals surface area contributed by atoms with Crippen molar-refractivity contribution in [3.63, 3.8) is 0 Å². The number of para-hydroxylation sites is 1. The van der Waals surface area contributed by atoms with Crippen LogP contribution in [0.25, 0.3) is 0 Å². The maximum Gasteiger partial charge on any atom is 0.138 e. The summed E-state index contributed by atoms with van der Waals surface area (Å²) in [6.45, 7) is 1.13. The lowest BCUT2D eigenvalue weighted by molar-refractivity contribution is 0.464. The molecule has 0 bridgehead atoms. The fourth-order valence-electron chi connectivity index (χ4n) is 1.46. The van der Waals surface area contributed by atoms with Crippen molar-refractivity contribution in [1.82, 2.24) is 15.5 Å². The minimum Gasteiger partial charge on any atom is -0.506 e. The second kappa shape index (κ2) is 5.61. The zero-order chi connectivity index (χ0) is 12.1. The molecule has 0 radical (unpaired) electrons. The number of phenolic OH excluding ortho intramolecular Hbond substituents is 1. The summed E-state index contributed by atoms with van der Waals surface area (Å²) in [6, 6.07) is 9.01. The van der Waals surface area contributed by atoms with Crippen molar-refractivity contribution in [2.24, 2.45) is 0 Å². The summed E-state index contributed by atoms with van der Waals surface area (Å²) in [5.41, 5.74) is 1.62. The maximum absolute atomic E-state index is 9.69. The molecule has 1 aromatic carbocycles. The molecule has 1 heterocycles. The molecule has 0 aliphatic heterocycles. The van der Waals surface area contributed by atoms with Gasteiger partial charge in [-0.2, -0.15) is 10.2 Å². The number of aromatic hydroxyl groups is 1. The third-order valence-corrected chi connectivity index (χ3v) is 2.62. The van der Waals surface area contributed by atoms with Crippen molar-refractivity contribution < 1.29 is 5.11 Å². The van der Waals surface area contributed by atoms with Crippen LogP contribution in [0.5, 0.6) is 5.75 Å². The maximum atomic E-state index is 9.69. The molecular formula is C12H12ClN3O. The van der Waals surface area contributed by atoms with Gasteiger partial charge in [0.15, 0.2) is 0 Å². The van der Waals surface area contributed by atoms with Gasteiger partial charge in [-0.25, -0.2) is 0 Å². The number of nitrogens with zero attached hydrogens (tertiary/aromatic N) is 2. The van der Waals surface area contributed by atoms with Crippen molar-refractivity contribution >= 4 is 11.6 Å². The number of hydrogen-bond acceptors (Lipinski definition) is 4. The van der Waals surface area contributed by atoms with Crippen molar-refractivity contribution in [3.8, 4) is 5.75 Å². The monoisotopic (exact) mass is 249 g/mol. The van der Waals surface area contributed by atoms with Gasteiger partial charge in [-0.1, -0.05) is 23.7 Å². The Hall–Kier alpha value is -1.65. The molecule has 0 aliphatic rings. The number of benzene rings is 1. The Morgan fingerprint density at radius 1 is 1.18 bits per heavy atom. The minimum atomic E-state index is 0.126. The molecule has 88 valence electrons. The highest BCUT2D eigenvalue weighted by Crippen LogP contribution is 2.26. The molecule has 4 nitrogen and oxygen atoms in total. The van der Waals surface area contributed by atoms with Crippen LogP contribution >= 0.6 is 11.6 Å². The number of nitrogens with one attached hydrogen (secondary N) is 1. The largest absolute Gasteiger partial charge is 0.506 e. The van der Waals surface area contributed by atoms with Gasteiger partial charge in [-0.05, 0) is 18.2 Å². The Kier molecular flexibility index (Phi) is 3.90. The molecule has 0 spiro atoms. The molecule has 17 heavy (non-hydrogen) atoms. The van der Waals surface area contributed by atoms with E-state index in [0.29, 0.717) is 18.1 Å². The Balaban J connectivity index is 1.93. The summed E-state index contributed by atoms with van der Waals surface area (Å²) in [6.07, 6.45) is 1.63. The van der Waals surface area contributed by atoms with Crippen molar-refractivity contribution in [3.05, 3.63) is 52.8 Å². The fraction of sp³-hybridized carbons (Fsp3) is 0.167. The highest BCUT2D eigenvalue weighted by atomic mass is 35.5. The smallest absolute Gasteiger partial charge is 0.138 e. The molecule has 0 unspecified atom stereocenters. The first-order valence-electron chi connectivity index (χ1n) is 5.21. The standard InChI is InChI=1S/C12H12ClN3O/c13-11-5-1-3-9(12(11)17)7-14-8-10-4-2-6-15-16-10/h1-6,14,17H,7-8H2. The zero-order valence-electron chi connectivity index (χ0n) is 9.10. The first-order chi connectivity index (χ1) is 8.27. The molecule has 0 aliphatic carbocycles. The number of hydrogen-bond donors (Lipinski definition) is 2. The molecule has 2 rings (SSSR count). The van der Waals surface area contributed by atoms with Crippen LogP contribution in [0.3, 0.4) is 0 Å². The van der Waals surface area contributed by atoms with E-state index in [2.05, 4.69) is 15.5 Å². The van der Waals surface area contributed by atoms with Gasteiger partial charge in [-0.3, -0.25) is 0 Å². The topological polar surface area (TPSA) is 58.0 Å². The van der Waals surface area contributed by atoms with Crippen molar-refractivity contribution in [2.45, 2.75) is 13.1 Å². The van der Waals surface area contributed by atoms with Gasteiger partial charge in [0.1, 0.15) is 5.75 Å². The van der Waals surface area contributed by atoms with Crippen LogP contribution in [-0.4, -0.2) is 15.3 Å². The lowest BCUT2D eigenvalue weighted by Crippen LogP contribution is -2.14. The van der Waals surface area contributed by atoms with Crippen LogP contribution in [0.1, 0.15) is 11.3 Å². The van der Waals surface area contributed by atoms with Crippen LogP contribution in [-0.2, 0) is 13.1 Å². The SMILES string of the molecule is Oc1c(Cl)cccc1CNCc1cccnn1. The molecule has 2 N–H and O–H groups in total. The average molecular weight is 250 g/mol. The summed E-state index contributed by atoms with van der Waals surface area (Å²) >= 11 is 5.81. The van der Waals surface area contributed by atoms with Crippen LogP contribution in [0.2, 0.25) is 5.02 Å². The van der Waals surface area contributed by atoms with Gasteiger partial charge in [0.2, 0.25) is 0 Å². The Morgan fingerprint density at radius 3 is 2.82 bits per heavy atom. The molecular weight excluding hydrogens is 238 g/mol. The van der Waals surface area contributed by atoms with Crippen molar-refractivity contribution in [2.75, 3.05) is 0 Å². The molecule has 2 aromatic rings. The molecule has 1 aromatic heterocycles. The van der Waals surface area contributed by atoms with Gasteiger partial charge < -0.3 is 10.4 Å². The van der Waals surface area contributed by atoms with E-state index in [0.717, 1.165) is 11.3 Å². The average Bonchev–Trinajstić information content (AvgIpc) is 2.36. The van der Waals surface area contributed by atoms with Gasteiger partial charge >= 0.3 is 0 Å². The van der Waals surface area contributed by atoms with E-state index in [-0.39, 0.29) is 5.75 Å². The summed E-state index contributed by atoms with van der Waals surface area (Å²) in [5, 5.41) is 21.0. The van der Waals surface area contributed by atoms with Crippen LogP contribution in [0.4, 0.5) is 0 Å². The highest BCUT2D eigenvalue weighted by molar-refractivity contribution is 6.32. The number of phenols is 1. The second-order valence-corrected chi connectivity index (χ2v) is 3.97. The summed E-state index contributed by atoms with van der Waals surface area (Å²) in [5.74, 6) is 0.126. The van der Waals surface area contributed by atoms with E-state index < -0.39 is 0 Å². The van der Waals surface area contributed by atoms with E-state index in [1.807, 2.05) is 18.2 Å². The van der Waals surface area contributed by atoms with Gasteiger partial charge in [-0.15, -0.1) is 0 Å². The Morgan fingerprint density at radius 2 is 2.06 bits per heavy atom. The molecule has 0 atom stereocenters. The predicted octanol–water partition coefficient (Wildman–Crippen LogP) is 2.13. The second-order valence-electron chi connectivity index (χ2n) is 3.57. The van der Waals surface area contributed by atoms with Gasteiger partial charge in [0.05, 0.1) is 10.7 Å². The van der Waals surface area contributed by atoms with Crippen LogP contribution < -0.4 is 5.32 Å². The first-order valence-corrected chi connectivity index (χ1v) is 5.59. The zero-order valence-corrected chi connectivity index (χ0v) is 9.85. The predicted molar refractivity (Wildman–Crippen MR) is 65.7 cm³/mol. The number of rotatable bonds is 4. The van der Waals surface area contributed by atoms with E-state index in [1.54, 1.807) is 18.3 Å². The van der Waals surface area contributed by atoms with Gasteiger partial charge in [0, 0.05) is 24.8 Å². The normalized spacial score (nSPS) is 10.4. The Labute approximate surface area is 104 Å². The molecule has 0 amide bonds. The van der Waals surface area contributed by atoms with E-state index in [9.17, 15) is 5.11 Å². The summed E-state index contributed by atoms with van der Waals surface area (Å²) in [4.78, 5) is 0. The minimum absolute atomic E-state index is 0.126. The Bertz CT molecular complexity index is 490. The molecule has 0 fully saturated rings. The van der Waals surface area contributed by atoms with E-state index in [1.165, 1.54) is 0 Å².